The van der Waals surface area contributed by atoms with E-state index in [4.69, 9.17) is 0 Å². The molecule has 0 bridgehead atoms. The third kappa shape index (κ3) is 3.90. The van der Waals surface area contributed by atoms with Crippen LogP contribution in [-0.4, -0.2) is 25.2 Å². The smallest absolute Gasteiger partial charge is 0.270 e. The highest BCUT2D eigenvalue weighted by atomic mass is 79.9. The highest BCUT2D eigenvalue weighted by Gasteiger charge is 2.14. The summed E-state index contributed by atoms with van der Waals surface area (Å²) in [6.07, 6.45) is 1.74. The van der Waals surface area contributed by atoms with Crippen LogP contribution in [0.5, 0.6) is 0 Å². The maximum absolute atomic E-state index is 12.7. The number of anilines is 1. The Labute approximate surface area is 174 Å². The Balaban J connectivity index is 1.57. The van der Waals surface area contributed by atoms with Crippen LogP contribution in [-0.2, 0) is 11.3 Å². The van der Waals surface area contributed by atoms with Gasteiger partial charge in [-0.3, -0.25) is 14.9 Å². The number of non-ortho nitro benzene ring substituents is 1. The molecule has 29 heavy (non-hydrogen) atoms. The van der Waals surface area contributed by atoms with E-state index in [1.165, 1.54) is 12.1 Å². The van der Waals surface area contributed by atoms with E-state index in [0.717, 1.165) is 21.4 Å². The lowest BCUT2D eigenvalue weighted by Gasteiger charge is -2.10. The first-order valence-electron chi connectivity index (χ1n) is 8.76. The van der Waals surface area contributed by atoms with Crippen molar-refractivity contribution in [3.8, 4) is 5.69 Å². The molecule has 0 radical (unpaired) electrons. The van der Waals surface area contributed by atoms with Gasteiger partial charge in [0.15, 0.2) is 0 Å². The van der Waals surface area contributed by atoms with Crippen LogP contribution in [0, 0.1) is 17.0 Å². The SMILES string of the molecule is Cc1cc(NC(=O)Cn2ccc3cc([N+](=O)[O-])ccc32)n(-c2cccc(Br)c2)n1. The van der Waals surface area contributed by atoms with Gasteiger partial charge in [-0.15, -0.1) is 0 Å². The monoisotopic (exact) mass is 453 g/mol. The Kier molecular flexibility index (Phi) is 4.89. The molecule has 4 aromatic rings. The van der Waals surface area contributed by atoms with Crippen LogP contribution >= 0.6 is 15.9 Å². The van der Waals surface area contributed by atoms with Gasteiger partial charge in [0.05, 0.1) is 16.3 Å². The first kappa shape index (κ1) is 18.9. The van der Waals surface area contributed by atoms with Crippen LogP contribution in [0.3, 0.4) is 0 Å². The molecule has 9 heteroatoms. The lowest BCUT2D eigenvalue weighted by atomic mass is 10.2. The molecule has 1 N–H and O–H groups in total. The molecule has 0 unspecified atom stereocenters. The molecule has 8 nitrogen and oxygen atoms in total. The Hall–Kier alpha value is -3.46. The summed E-state index contributed by atoms with van der Waals surface area (Å²) in [4.78, 5) is 23.2. The van der Waals surface area contributed by atoms with Crippen LogP contribution in [0.15, 0.2) is 65.3 Å². The predicted octanol–water partition coefficient (Wildman–Crippen LogP) is 4.44. The quantitative estimate of drug-likeness (QED) is 0.356. The van der Waals surface area contributed by atoms with Crippen LogP contribution < -0.4 is 5.32 Å². The van der Waals surface area contributed by atoms with E-state index < -0.39 is 4.92 Å². The number of amides is 1. The molecule has 146 valence electrons. The summed E-state index contributed by atoms with van der Waals surface area (Å²) in [5.41, 5.74) is 2.37. The average Bonchev–Trinajstić information content (AvgIpc) is 3.24. The molecule has 4 rings (SSSR count). The van der Waals surface area contributed by atoms with Crippen molar-refractivity contribution < 1.29 is 9.72 Å². The molecule has 0 aliphatic heterocycles. The minimum atomic E-state index is -0.436. The van der Waals surface area contributed by atoms with Crippen molar-refractivity contribution in [1.82, 2.24) is 14.3 Å². The minimum Gasteiger partial charge on any atom is -0.338 e. The number of halogens is 1. The van der Waals surface area contributed by atoms with Crippen molar-refractivity contribution in [1.29, 1.82) is 0 Å². The van der Waals surface area contributed by atoms with Crippen molar-refractivity contribution in [2.75, 3.05) is 5.32 Å². The number of nitro groups is 1. The zero-order valence-electron chi connectivity index (χ0n) is 15.4. The number of benzene rings is 2. The second-order valence-electron chi connectivity index (χ2n) is 6.55. The van der Waals surface area contributed by atoms with E-state index in [9.17, 15) is 14.9 Å². The summed E-state index contributed by atoms with van der Waals surface area (Å²) in [6.45, 7) is 1.93. The molecule has 0 aliphatic carbocycles. The molecule has 0 saturated carbocycles. The second-order valence-corrected chi connectivity index (χ2v) is 7.47. The number of carbonyl (C=O) groups excluding carboxylic acids is 1. The van der Waals surface area contributed by atoms with Crippen molar-refractivity contribution in [2.45, 2.75) is 13.5 Å². The molecular formula is C20H16BrN5O3. The fraction of sp³-hybridized carbons (Fsp3) is 0.100. The number of hydrogen-bond acceptors (Lipinski definition) is 4. The van der Waals surface area contributed by atoms with Gasteiger partial charge in [-0.1, -0.05) is 22.0 Å². The molecule has 2 aromatic heterocycles. The summed E-state index contributed by atoms with van der Waals surface area (Å²) in [5.74, 6) is 0.342. The number of fused-ring (bicyclic) bond motifs is 1. The lowest BCUT2D eigenvalue weighted by Crippen LogP contribution is -2.20. The van der Waals surface area contributed by atoms with Crippen LogP contribution in [0.4, 0.5) is 11.5 Å². The average molecular weight is 454 g/mol. The number of hydrogen-bond donors (Lipinski definition) is 1. The normalized spacial score (nSPS) is 11.0. The van der Waals surface area contributed by atoms with Crippen molar-refractivity contribution in [3.63, 3.8) is 0 Å². The van der Waals surface area contributed by atoms with Gasteiger partial charge in [0, 0.05) is 39.8 Å². The zero-order chi connectivity index (χ0) is 20.5. The number of rotatable bonds is 5. The molecule has 1 amide bonds. The number of nitrogens with zero attached hydrogens (tertiary/aromatic N) is 4. The van der Waals surface area contributed by atoms with E-state index in [1.54, 1.807) is 33.6 Å². The van der Waals surface area contributed by atoms with E-state index in [1.807, 2.05) is 31.2 Å². The number of nitrogens with one attached hydrogen (secondary N) is 1. The number of aryl methyl sites for hydroxylation is 1. The summed E-state index contributed by atoms with van der Waals surface area (Å²) in [5, 5.41) is 19.0. The standard InChI is InChI=1S/C20H16BrN5O3/c1-13-9-19(25(23-13)16-4-2-3-15(21)11-16)22-20(27)12-24-8-7-14-10-17(26(28)29)5-6-18(14)24/h2-11H,12H2,1H3,(H,22,27). The van der Waals surface area contributed by atoms with Crippen molar-refractivity contribution in [3.05, 3.63) is 81.1 Å². The second kappa shape index (κ2) is 7.51. The molecule has 2 aromatic carbocycles. The largest absolute Gasteiger partial charge is 0.338 e. The van der Waals surface area contributed by atoms with Crippen LogP contribution in [0.25, 0.3) is 16.6 Å². The summed E-state index contributed by atoms with van der Waals surface area (Å²) in [7, 11) is 0. The Bertz CT molecular complexity index is 1240. The molecule has 0 atom stereocenters. The topological polar surface area (TPSA) is 95.0 Å². The lowest BCUT2D eigenvalue weighted by molar-refractivity contribution is -0.384. The maximum atomic E-state index is 12.7. The van der Waals surface area contributed by atoms with Crippen molar-refractivity contribution in [2.24, 2.45) is 0 Å². The zero-order valence-corrected chi connectivity index (χ0v) is 17.0. The third-order valence-electron chi connectivity index (χ3n) is 4.43. The van der Waals surface area contributed by atoms with E-state index in [-0.39, 0.29) is 18.1 Å². The van der Waals surface area contributed by atoms with Gasteiger partial charge in [0.2, 0.25) is 5.91 Å². The summed E-state index contributed by atoms with van der Waals surface area (Å²) >= 11 is 3.44. The first-order chi connectivity index (χ1) is 13.9. The Morgan fingerprint density at radius 1 is 1.21 bits per heavy atom. The number of carbonyl (C=O) groups is 1. The van der Waals surface area contributed by atoms with E-state index in [0.29, 0.717) is 11.2 Å². The molecule has 0 saturated heterocycles. The fourth-order valence-electron chi connectivity index (χ4n) is 3.17. The van der Waals surface area contributed by atoms with Gasteiger partial charge in [0.1, 0.15) is 12.4 Å². The van der Waals surface area contributed by atoms with Crippen molar-refractivity contribution >= 4 is 44.2 Å². The highest BCUT2D eigenvalue weighted by Crippen LogP contribution is 2.23. The van der Waals surface area contributed by atoms with Gasteiger partial charge in [-0.2, -0.15) is 5.10 Å². The molecule has 0 spiro atoms. The Morgan fingerprint density at radius 2 is 2.03 bits per heavy atom. The van der Waals surface area contributed by atoms with Gasteiger partial charge in [-0.25, -0.2) is 4.68 Å². The molecule has 0 aliphatic rings. The number of nitro benzene ring substituents is 1. The van der Waals surface area contributed by atoms with Gasteiger partial charge < -0.3 is 9.88 Å². The third-order valence-corrected chi connectivity index (χ3v) is 4.92. The van der Waals surface area contributed by atoms with Gasteiger partial charge in [0.25, 0.3) is 5.69 Å². The molecule has 0 fully saturated rings. The number of aromatic nitrogens is 3. The first-order valence-corrected chi connectivity index (χ1v) is 9.56. The minimum absolute atomic E-state index is 0.0214. The highest BCUT2D eigenvalue weighted by molar-refractivity contribution is 9.10. The molecular weight excluding hydrogens is 438 g/mol. The fourth-order valence-corrected chi connectivity index (χ4v) is 3.56. The predicted molar refractivity (Wildman–Crippen MR) is 113 cm³/mol. The van der Waals surface area contributed by atoms with Gasteiger partial charge >= 0.3 is 0 Å². The molecule has 2 heterocycles. The summed E-state index contributed by atoms with van der Waals surface area (Å²) in [6, 6.07) is 15.8. The Morgan fingerprint density at radius 3 is 2.79 bits per heavy atom. The van der Waals surface area contributed by atoms with Gasteiger partial charge in [-0.05, 0) is 37.3 Å². The summed E-state index contributed by atoms with van der Waals surface area (Å²) < 4.78 is 4.34. The van der Waals surface area contributed by atoms with E-state index >= 15 is 0 Å². The van der Waals surface area contributed by atoms with Crippen LogP contribution in [0.1, 0.15) is 5.69 Å². The maximum Gasteiger partial charge on any atom is 0.270 e. The van der Waals surface area contributed by atoms with Crippen LogP contribution in [0.2, 0.25) is 0 Å². The van der Waals surface area contributed by atoms with E-state index in [2.05, 4.69) is 26.3 Å².